The molecule has 2 heterocycles. The fourth-order valence-corrected chi connectivity index (χ4v) is 2.96. The smallest absolute Gasteiger partial charge is 0.166 e. The molecule has 0 aliphatic heterocycles. The largest absolute Gasteiger partial charge is 0.385 e. The zero-order chi connectivity index (χ0) is 14.1. The first-order valence-corrected chi connectivity index (χ1v) is 7.23. The van der Waals surface area contributed by atoms with Crippen LogP contribution in [0, 0.1) is 6.92 Å². The van der Waals surface area contributed by atoms with E-state index in [2.05, 4.69) is 29.3 Å². The van der Waals surface area contributed by atoms with Crippen molar-refractivity contribution in [3.05, 3.63) is 54.0 Å². The number of hydrogen-bond acceptors (Lipinski definition) is 4. The zero-order valence-corrected chi connectivity index (χ0v) is 12.1. The van der Waals surface area contributed by atoms with Crippen molar-refractivity contribution in [2.45, 2.75) is 29.7 Å². The molecule has 0 radical (unpaired) electrons. The van der Waals surface area contributed by atoms with Crippen molar-refractivity contribution in [1.82, 2.24) is 14.6 Å². The van der Waals surface area contributed by atoms with E-state index in [0.29, 0.717) is 5.82 Å². The molecule has 0 spiro atoms. The first kappa shape index (κ1) is 13.1. The highest BCUT2D eigenvalue weighted by Crippen LogP contribution is 2.30. The standard InChI is InChI=1S/C15H15N3OS/c1-10-5-3-4-6-13(10)20-12-7-8-14-16-17-15(11(2)19)18(14)9-12/h3-9,11,19H,1-2H3. The van der Waals surface area contributed by atoms with Crippen LogP contribution in [0.1, 0.15) is 24.4 Å². The van der Waals surface area contributed by atoms with Gasteiger partial charge in [0.1, 0.15) is 6.10 Å². The van der Waals surface area contributed by atoms with Crippen molar-refractivity contribution in [2.75, 3.05) is 0 Å². The fourth-order valence-electron chi connectivity index (χ4n) is 2.03. The van der Waals surface area contributed by atoms with E-state index in [4.69, 9.17) is 0 Å². The molecule has 102 valence electrons. The van der Waals surface area contributed by atoms with E-state index in [1.54, 1.807) is 18.7 Å². The molecule has 4 nitrogen and oxygen atoms in total. The van der Waals surface area contributed by atoms with E-state index in [1.165, 1.54) is 10.5 Å². The van der Waals surface area contributed by atoms with Crippen LogP contribution < -0.4 is 0 Å². The van der Waals surface area contributed by atoms with E-state index in [0.717, 1.165) is 10.5 Å². The molecule has 1 aromatic carbocycles. The monoisotopic (exact) mass is 285 g/mol. The lowest BCUT2D eigenvalue weighted by molar-refractivity contribution is 0.187. The second kappa shape index (κ2) is 5.26. The highest BCUT2D eigenvalue weighted by molar-refractivity contribution is 7.99. The number of rotatable bonds is 3. The number of aliphatic hydroxyl groups is 1. The van der Waals surface area contributed by atoms with Gasteiger partial charge in [0.15, 0.2) is 11.5 Å². The van der Waals surface area contributed by atoms with E-state index in [1.807, 2.05) is 34.9 Å². The molecule has 3 aromatic rings. The molecule has 1 unspecified atom stereocenters. The topological polar surface area (TPSA) is 50.4 Å². The first-order valence-electron chi connectivity index (χ1n) is 6.41. The summed E-state index contributed by atoms with van der Waals surface area (Å²) in [4.78, 5) is 2.31. The van der Waals surface area contributed by atoms with Crippen LogP contribution in [-0.4, -0.2) is 19.7 Å². The number of benzene rings is 1. The predicted octanol–water partition coefficient (Wildman–Crippen LogP) is 3.24. The maximum Gasteiger partial charge on any atom is 0.166 e. The fraction of sp³-hybridized carbons (Fsp3) is 0.200. The van der Waals surface area contributed by atoms with Gasteiger partial charge >= 0.3 is 0 Å². The third-order valence-electron chi connectivity index (χ3n) is 3.10. The van der Waals surface area contributed by atoms with Gasteiger partial charge in [0.05, 0.1) is 0 Å². The van der Waals surface area contributed by atoms with Gasteiger partial charge in [0, 0.05) is 16.0 Å². The lowest BCUT2D eigenvalue weighted by atomic mass is 10.2. The average molecular weight is 285 g/mol. The predicted molar refractivity (Wildman–Crippen MR) is 78.9 cm³/mol. The molecule has 2 aromatic heterocycles. The van der Waals surface area contributed by atoms with E-state index in [9.17, 15) is 5.11 Å². The van der Waals surface area contributed by atoms with Crippen LogP contribution in [0.4, 0.5) is 0 Å². The molecule has 0 amide bonds. The highest BCUT2D eigenvalue weighted by atomic mass is 32.2. The molecule has 20 heavy (non-hydrogen) atoms. The maximum atomic E-state index is 9.71. The van der Waals surface area contributed by atoms with E-state index in [-0.39, 0.29) is 0 Å². The Hall–Kier alpha value is -1.85. The summed E-state index contributed by atoms with van der Waals surface area (Å²) in [7, 11) is 0. The minimum Gasteiger partial charge on any atom is -0.385 e. The number of pyridine rings is 1. The Labute approximate surface area is 121 Å². The molecule has 5 heteroatoms. The zero-order valence-electron chi connectivity index (χ0n) is 11.3. The molecular formula is C15H15N3OS. The molecule has 0 aliphatic carbocycles. The molecule has 0 aliphatic rings. The Balaban J connectivity index is 2.00. The van der Waals surface area contributed by atoms with Gasteiger partial charge in [-0.2, -0.15) is 0 Å². The van der Waals surface area contributed by atoms with Crippen LogP contribution in [0.5, 0.6) is 0 Å². The van der Waals surface area contributed by atoms with Crippen LogP contribution in [0.2, 0.25) is 0 Å². The lowest BCUT2D eigenvalue weighted by Crippen LogP contribution is -1.99. The number of aryl methyl sites for hydroxylation is 1. The van der Waals surface area contributed by atoms with Gasteiger partial charge < -0.3 is 5.11 Å². The van der Waals surface area contributed by atoms with Gasteiger partial charge in [-0.25, -0.2) is 0 Å². The number of fused-ring (bicyclic) bond motifs is 1. The molecule has 0 bridgehead atoms. The molecule has 0 saturated heterocycles. The van der Waals surface area contributed by atoms with Crippen LogP contribution in [0.3, 0.4) is 0 Å². The van der Waals surface area contributed by atoms with Gasteiger partial charge in [0.2, 0.25) is 0 Å². The minimum atomic E-state index is -0.635. The number of aliphatic hydroxyl groups excluding tert-OH is 1. The van der Waals surface area contributed by atoms with Gasteiger partial charge in [-0.1, -0.05) is 30.0 Å². The van der Waals surface area contributed by atoms with Gasteiger partial charge in [-0.15, -0.1) is 10.2 Å². The summed E-state index contributed by atoms with van der Waals surface area (Å²) < 4.78 is 1.84. The Kier molecular flexibility index (Phi) is 3.46. The summed E-state index contributed by atoms with van der Waals surface area (Å²) in [6.07, 6.45) is 1.33. The van der Waals surface area contributed by atoms with Gasteiger partial charge in [0.25, 0.3) is 0 Å². The van der Waals surface area contributed by atoms with Crippen molar-refractivity contribution in [3.8, 4) is 0 Å². The third kappa shape index (κ3) is 2.42. The third-order valence-corrected chi connectivity index (χ3v) is 4.25. The Morgan fingerprint density at radius 1 is 1.15 bits per heavy atom. The molecule has 0 fully saturated rings. The molecule has 3 rings (SSSR count). The second-order valence-electron chi connectivity index (χ2n) is 4.69. The summed E-state index contributed by atoms with van der Waals surface area (Å²) >= 11 is 1.69. The SMILES string of the molecule is Cc1ccccc1Sc1ccc2nnc(C(C)O)n2c1. The summed E-state index contributed by atoms with van der Waals surface area (Å²) in [5, 5.41) is 17.8. The van der Waals surface area contributed by atoms with Crippen LogP contribution in [0.25, 0.3) is 5.65 Å². The Morgan fingerprint density at radius 2 is 1.95 bits per heavy atom. The Bertz CT molecular complexity index is 752. The molecule has 0 saturated carbocycles. The Morgan fingerprint density at radius 3 is 2.70 bits per heavy atom. The highest BCUT2D eigenvalue weighted by Gasteiger charge is 2.11. The van der Waals surface area contributed by atoms with Gasteiger partial charge in [-0.05, 0) is 37.6 Å². The summed E-state index contributed by atoms with van der Waals surface area (Å²) in [5.41, 5.74) is 1.99. The van der Waals surface area contributed by atoms with Crippen molar-refractivity contribution < 1.29 is 5.11 Å². The van der Waals surface area contributed by atoms with Crippen molar-refractivity contribution in [2.24, 2.45) is 0 Å². The quantitative estimate of drug-likeness (QED) is 0.802. The first-order chi connectivity index (χ1) is 9.65. The van der Waals surface area contributed by atoms with Crippen molar-refractivity contribution in [3.63, 3.8) is 0 Å². The summed E-state index contributed by atoms with van der Waals surface area (Å²) in [6.45, 7) is 3.79. The summed E-state index contributed by atoms with van der Waals surface area (Å²) in [6, 6.07) is 12.2. The van der Waals surface area contributed by atoms with Crippen LogP contribution >= 0.6 is 11.8 Å². The van der Waals surface area contributed by atoms with Crippen LogP contribution in [-0.2, 0) is 0 Å². The summed E-state index contributed by atoms with van der Waals surface area (Å²) in [5.74, 6) is 0.562. The van der Waals surface area contributed by atoms with E-state index < -0.39 is 6.10 Å². The number of hydrogen-bond donors (Lipinski definition) is 1. The normalized spacial score (nSPS) is 12.8. The van der Waals surface area contributed by atoms with E-state index >= 15 is 0 Å². The maximum absolute atomic E-state index is 9.71. The van der Waals surface area contributed by atoms with Crippen LogP contribution in [0.15, 0.2) is 52.4 Å². The van der Waals surface area contributed by atoms with Crippen molar-refractivity contribution in [1.29, 1.82) is 0 Å². The number of nitrogens with zero attached hydrogens (tertiary/aromatic N) is 3. The van der Waals surface area contributed by atoms with Gasteiger partial charge in [-0.3, -0.25) is 4.40 Å². The lowest BCUT2D eigenvalue weighted by Gasteiger charge is -2.07. The second-order valence-corrected chi connectivity index (χ2v) is 5.81. The van der Waals surface area contributed by atoms with Crippen molar-refractivity contribution >= 4 is 17.4 Å². The average Bonchev–Trinajstić information content (AvgIpc) is 2.84. The minimum absolute atomic E-state index is 0.562. The molecule has 1 atom stereocenters. The molecule has 1 N–H and O–H groups in total. The molecular weight excluding hydrogens is 270 g/mol. The number of aromatic nitrogens is 3.